The number of alkyl halides is 1. The van der Waals surface area contributed by atoms with Crippen LogP contribution in [0.4, 0.5) is 0 Å². The number of hydrogen-bond donors (Lipinski definition) is 1. The highest BCUT2D eigenvalue weighted by molar-refractivity contribution is 6.18. The van der Waals surface area contributed by atoms with Crippen molar-refractivity contribution >= 4 is 11.6 Å². The summed E-state index contributed by atoms with van der Waals surface area (Å²) in [5.41, 5.74) is 3.84. The fourth-order valence-corrected chi connectivity index (χ4v) is 2.18. The molecule has 1 aromatic carbocycles. The number of ether oxygens (including phenoxy) is 1. The number of aryl methyl sites for hydroxylation is 2. The van der Waals surface area contributed by atoms with Gasteiger partial charge in [-0.25, -0.2) is 0 Å². The minimum atomic E-state index is 0.0237. The highest BCUT2D eigenvalue weighted by Crippen LogP contribution is 2.33. The molecule has 0 amide bonds. The lowest BCUT2D eigenvalue weighted by Gasteiger charge is -2.28. The van der Waals surface area contributed by atoms with E-state index in [1.165, 1.54) is 16.7 Å². The second-order valence-electron chi connectivity index (χ2n) is 5.39. The average molecular weight is 270 g/mol. The van der Waals surface area contributed by atoms with Gasteiger partial charge in [0.15, 0.2) is 0 Å². The standard InChI is InChI=1S/C15H24ClNO/c1-11-8-13(14(18-5)9-12(11)2)15(3,4)10-17-7-6-16/h8-9,17H,6-7,10H2,1-5H3. The summed E-state index contributed by atoms with van der Waals surface area (Å²) in [5, 5.41) is 3.37. The second kappa shape index (κ2) is 6.44. The summed E-state index contributed by atoms with van der Waals surface area (Å²) in [7, 11) is 1.73. The van der Waals surface area contributed by atoms with E-state index in [1.54, 1.807) is 7.11 Å². The predicted octanol–water partition coefficient (Wildman–Crippen LogP) is 3.42. The largest absolute Gasteiger partial charge is 0.496 e. The van der Waals surface area contributed by atoms with Gasteiger partial charge >= 0.3 is 0 Å². The van der Waals surface area contributed by atoms with Crippen molar-refractivity contribution in [1.82, 2.24) is 5.32 Å². The molecule has 0 aromatic heterocycles. The normalized spacial score (nSPS) is 11.7. The van der Waals surface area contributed by atoms with Gasteiger partial charge in [-0.2, -0.15) is 0 Å². The van der Waals surface area contributed by atoms with Gasteiger partial charge in [0.05, 0.1) is 7.11 Å². The molecule has 2 nitrogen and oxygen atoms in total. The molecule has 3 heteroatoms. The summed E-state index contributed by atoms with van der Waals surface area (Å²) in [6.07, 6.45) is 0. The van der Waals surface area contributed by atoms with Crippen LogP contribution in [0.25, 0.3) is 0 Å². The minimum absolute atomic E-state index is 0.0237. The van der Waals surface area contributed by atoms with E-state index in [1.807, 2.05) is 0 Å². The maximum Gasteiger partial charge on any atom is 0.122 e. The third-order valence-corrected chi connectivity index (χ3v) is 3.57. The molecular weight excluding hydrogens is 246 g/mol. The average Bonchev–Trinajstić information content (AvgIpc) is 2.32. The smallest absolute Gasteiger partial charge is 0.122 e. The van der Waals surface area contributed by atoms with Crippen molar-refractivity contribution in [3.05, 3.63) is 28.8 Å². The molecule has 0 aliphatic heterocycles. The number of rotatable bonds is 6. The zero-order valence-electron chi connectivity index (χ0n) is 12.1. The topological polar surface area (TPSA) is 21.3 Å². The Morgan fingerprint density at radius 2 is 1.83 bits per heavy atom. The number of hydrogen-bond acceptors (Lipinski definition) is 2. The van der Waals surface area contributed by atoms with Crippen LogP contribution >= 0.6 is 11.6 Å². The predicted molar refractivity (Wildman–Crippen MR) is 79.1 cm³/mol. The van der Waals surface area contributed by atoms with Crippen LogP contribution in [0, 0.1) is 13.8 Å². The summed E-state index contributed by atoms with van der Waals surface area (Å²) in [5.74, 6) is 1.61. The summed E-state index contributed by atoms with van der Waals surface area (Å²) >= 11 is 5.69. The Morgan fingerprint density at radius 3 is 2.39 bits per heavy atom. The summed E-state index contributed by atoms with van der Waals surface area (Å²) < 4.78 is 5.52. The second-order valence-corrected chi connectivity index (χ2v) is 5.76. The number of methoxy groups -OCH3 is 1. The molecule has 0 aliphatic carbocycles. The van der Waals surface area contributed by atoms with Gasteiger partial charge in [0.1, 0.15) is 5.75 Å². The fourth-order valence-electron chi connectivity index (χ4n) is 2.05. The van der Waals surface area contributed by atoms with Gasteiger partial charge in [0.25, 0.3) is 0 Å². The molecule has 1 N–H and O–H groups in total. The summed E-state index contributed by atoms with van der Waals surface area (Å²) in [4.78, 5) is 0. The molecule has 0 aliphatic rings. The van der Waals surface area contributed by atoms with Crippen LogP contribution < -0.4 is 10.1 Å². The van der Waals surface area contributed by atoms with Crippen molar-refractivity contribution in [2.45, 2.75) is 33.1 Å². The zero-order chi connectivity index (χ0) is 13.8. The third kappa shape index (κ3) is 3.63. The Kier molecular flexibility index (Phi) is 5.48. The van der Waals surface area contributed by atoms with E-state index in [4.69, 9.17) is 16.3 Å². The van der Waals surface area contributed by atoms with E-state index < -0.39 is 0 Å². The molecule has 1 rings (SSSR count). The van der Waals surface area contributed by atoms with Crippen molar-refractivity contribution in [2.24, 2.45) is 0 Å². The first-order valence-corrected chi connectivity index (χ1v) is 6.88. The van der Waals surface area contributed by atoms with Crippen LogP contribution in [0.15, 0.2) is 12.1 Å². The third-order valence-electron chi connectivity index (χ3n) is 3.38. The number of benzene rings is 1. The summed E-state index contributed by atoms with van der Waals surface area (Å²) in [6.45, 7) is 10.4. The maximum absolute atomic E-state index is 5.69. The lowest BCUT2D eigenvalue weighted by atomic mass is 9.82. The van der Waals surface area contributed by atoms with E-state index in [2.05, 4.69) is 45.1 Å². The first kappa shape index (κ1) is 15.3. The van der Waals surface area contributed by atoms with Crippen LogP contribution in [0.5, 0.6) is 5.75 Å². The molecular formula is C15H24ClNO. The van der Waals surface area contributed by atoms with Crippen molar-refractivity contribution in [3.8, 4) is 5.75 Å². The SMILES string of the molecule is COc1cc(C)c(C)cc1C(C)(C)CNCCCl. The Bertz CT molecular complexity index is 402. The van der Waals surface area contributed by atoms with Crippen LogP contribution in [0.2, 0.25) is 0 Å². The van der Waals surface area contributed by atoms with Crippen LogP contribution in [0.1, 0.15) is 30.5 Å². The minimum Gasteiger partial charge on any atom is -0.496 e. The molecule has 0 spiro atoms. The van der Waals surface area contributed by atoms with Gasteiger partial charge in [-0.05, 0) is 31.0 Å². The molecule has 0 heterocycles. The van der Waals surface area contributed by atoms with Crippen molar-refractivity contribution in [1.29, 1.82) is 0 Å². The first-order valence-electron chi connectivity index (χ1n) is 6.34. The van der Waals surface area contributed by atoms with E-state index in [-0.39, 0.29) is 5.41 Å². The molecule has 0 saturated carbocycles. The molecule has 0 unspecified atom stereocenters. The van der Waals surface area contributed by atoms with Gasteiger partial charge in [-0.3, -0.25) is 0 Å². The zero-order valence-corrected chi connectivity index (χ0v) is 12.8. The van der Waals surface area contributed by atoms with E-state index >= 15 is 0 Å². The van der Waals surface area contributed by atoms with Crippen molar-refractivity contribution in [2.75, 3.05) is 26.1 Å². The lowest BCUT2D eigenvalue weighted by molar-refractivity contribution is 0.386. The molecule has 0 saturated heterocycles. The van der Waals surface area contributed by atoms with Crippen LogP contribution in [0.3, 0.4) is 0 Å². The summed E-state index contributed by atoms with van der Waals surface area (Å²) in [6, 6.07) is 4.35. The van der Waals surface area contributed by atoms with Gasteiger partial charge in [0, 0.05) is 29.9 Å². The first-order chi connectivity index (χ1) is 8.42. The molecule has 102 valence electrons. The van der Waals surface area contributed by atoms with Crippen molar-refractivity contribution in [3.63, 3.8) is 0 Å². The lowest BCUT2D eigenvalue weighted by Crippen LogP contribution is -2.34. The Morgan fingerprint density at radius 1 is 1.22 bits per heavy atom. The molecule has 1 aromatic rings. The molecule has 0 fully saturated rings. The molecule has 0 radical (unpaired) electrons. The quantitative estimate of drug-likeness (QED) is 0.631. The fraction of sp³-hybridized carbons (Fsp3) is 0.600. The monoisotopic (exact) mass is 269 g/mol. The van der Waals surface area contributed by atoms with Gasteiger partial charge < -0.3 is 10.1 Å². The number of halogens is 1. The van der Waals surface area contributed by atoms with E-state index in [0.29, 0.717) is 5.88 Å². The van der Waals surface area contributed by atoms with Crippen molar-refractivity contribution < 1.29 is 4.74 Å². The van der Waals surface area contributed by atoms with Gasteiger partial charge in [-0.1, -0.05) is 19.9 Å². The molecule has 18 heavy (non-hydrogen) atoms. The van der Waals surface area contributed by atoms with Crippen LogP contribution in [-0.4, -0.2) is 26.1 Å². The number of nitrogens with one attached hydrogen (secondary N) is 1. The Hall–Kier alpha value is -0.730. The maximum atomic E-state index is 5.69. The Labute approximate surface area is 116 Å². The molecule has 0 atom stereocenters. The highest BCUT2D eigenvalue weighted by Gasteiger charge is 2.24. The van der Waals surface area contributed by atoms with Crippen LogP contribution in [-0.2, 0) is 5.41 Å². The van der Waals surface area contributed by atoms with E-state index in [9.17, 15) is 0 Å². The van der Waals surface area contributed by atoms with E-state index in [0.717, 1.165) is 18.8 Å². The molecule has 0 bridgehead atoms. The van der Waals surface area contributed by atoms with Gasteiger partial charge in [-0.15, -0.1) is 11.6 Å². The highest BCUT2D eigenvalue weighted by atomic mass is 35.5. The Balaban J connectivity index is 3.02. The van der Waals surface area contributed by atoms with Gasteiger partial charge in [0.2, 0.25) is 0 Å².